The summed E-state index contributed by atoms with van der Waals surface area (Å²) in [6, 6.07) is 7.54. The second-order valence-corrected chi connectivity index (χ2v) is 4.81. The average Bonchev–Trinajstić information content (AvgIpc) is 2.31. The fraction of sp³-hybridized carbons (Fsp3) is 0.538. The summed E-state index contributed by atoms with van der Waals surface area (Å²) in [7, 11) is 0. The lowest BCUT2D eigenvalue weighted by molar-refractivity contribution is 0.101. The van der Waals surface area contributed by atoms with Crippen LogP contribution in [0, 0.1) is 0 Å². The number of hydrogen-bond acceptors (Lipinski definition) is 2. The number of aliphatic hydroxyl groups is 1. The zero-order valence-electron chi connectivity index (χ0n) is 9.40. The number of nitrogens with zero attached hydrogens (tertiary/aromatic N) is 1. The monoisotopic (exact) mass is 239 g/mol. The number of β-amino-alcohol motifs (C(OH)–C–C–N with tert-alkyl or cyclic N) is 1. The minimum Gasteiger partial charge on any atom is -0.387 e. The fourth-order valence-corrected chi connectivity index (χ4v) is 2.49. The minimum atomic E-state index is -0.466. The van der Waals surface area contributed by atoms with Crippen molar-refractivity contribution in [2.24, 2.45) is 0 Å². The van der Waals surface area contributed by atoms with E-state index in [0.717, 1.165) is 18.7 Å². The van der Waals surface area contributed by atoms with E-state index in [1.165, 1.54) is 19.3 Å². The van der Waals surface area contributed by atoms with E-state index in [2.05, 4.69) is 4.90 Å². The molecule has 0 bridgehead atoms. The van der Waals surface area contributed by atoms with Crippen LogP contribution in [0.1, 0.15) is 30.9 Å². The first-order chi connectivity index (χ1) is 7.77. The van der Waals surface area contributed by atoms with Crippen LogP contribution in [0.5, 0.6) is 0 Å². The molecule has 1 saturated heterocycles. The number of likely N-dealkylation sites (tertiary alicyclic amines) is 1. The van der Waals surface area contributed by atoms with Crippen LogP contribution in [0.2, 0.25) is 5.02 Å². The normalized spacial score (nSPS) is 19.6. The van der Waals surface area contributed by atoms with Crippen LogP contribution in [-0.4, -0.2) is 29.6 Å². The highest BCUT2D eigenvalue weighted by molar-refractivity contribution is 6.31. The summed E-state index contributed by atoms with van der Waals surface area (Å²) < 4.78 is 0. The molecule has 0 aromatic heterocycles. The van der Waals surface area contributed by atoms with E-state index >= 15 is 0 Å². The predicted octanol–water partition coefficient (Wildman–Crippen LogP) is 2.86. The maximum atomic E-state index is 10.1. The van der Waals surface area contributed by atoms with Gasteiger partial charge in [0.2, 0.25) is 0 Å². The smallest absolute Gasteiger partial charge is 0.0931 e. The first kappa shape index (κ1) is 11.9. The minimum absolute atomic E-state index is 0.466. The van der Waals surface area contributed by atoms with Crippen LogP contribution in [0.3, 0.4) is 0 Å². The van der Waals surface area contributed by atoms with E-state index in [1.807, 2.05) is 24.3 Å². The molecule has 1 fully saturated rings. The Morgan fingerprint density at radius 1 is 1.19 bits per heavy atom. The van der Waals surface area contributed by atoms with E-state index in [9.17, 15) is 5.11 Å². The number of piperidine rings is 1. The molecule has 3 heteroatoms. The largest absolute Gasteiger partial charge is 0.387 e. The summed E-state index contributed by atoms with van der Waals surface area (Å²) in [5.41, 5.74) is 0.842. The van der Waals surface area contributed by atoms with Crippen molar-refractivity contribution in [3.05, 3.63) is 34.9 Å². The third kappa shape index (κ3) is 2.97. The maximum absolute atomic E-state index is 10.1. The van der Waals surface area contributed by atoms with Crippen molar-refractivity contribution < 1.29 is 5.11 Å². The van der Waals surface area contributed by atoms with Crippen molar-refractivity contribution in [3.8, 4) is 0 Å². The Balaban J connectivity index is 1.96. The van der Waals surface area contributed by atoms with Gasteiger partial charge < -0.3 is 10.0 Å². The molecule has 1 aliphatic heterocycles. The van der Waals surface area contributed by atoms with Gasteiger partial charge >= 0.3 is 0 Å². The number of hydrogen-bond donors (Lipinski definition) is 1. The molecule has 2 rings (SSSR count). The third-order valence-corrected chi connectivity index (χ3v) is 3.49. The molecule has 0 radical (unpaired) electrons. The molecule has 1 aromatic rings. The summed E-state index contributed by atoms with van der Waals surface area (Å²) >= 11 is 6.06. The molecule has 1 aliphatic rings. The molecule has 0 amide bonds. The summed E-state index contributed by atoms with van der Waals surface area (Å²) in [6.45, 7) is 2.90. The first-order valence-electron chi connectivity index (χ1n) is 5.92. The van der Waals surface area contributed by atoms with E-state index < -0.39 is 6.10 Å². The predicted molar refractivity (Wildman–Crippen MR) is 66.7 cm³/mol. The first-order valence-corrected chi connectivity index (χ1v) is 6.30. The summed E-state index contributed by atoms with van der Waals surface area (Å²) in [6.07, 6.45) is 3.34. The SMILES string of the molecule is OC(CN1CCCCC1)c1ccccc1Cl. The van der Waals surface area contributed by atoms with Gasteiger partial charge in [-0.05, 0) is 32.0 Å². The van der Waals surface area contributed by atoms with Crippen molar-refractivity contribution in [2.75, 3.05) is 19.6 Å². The van der Waals surface area contributed by atoms with Crippen LogP contribution in [0.15, 0.2) is 24.3 Å². The molecule has 88 valence electrons. The quantitative estimate of drug-likeness (QED) is 0.877. The van der Waals surface area contributed by atoms with E-state index in [0.29, 0.717) is 11.6 Å². The molecule has 1 atom stereocenters. The lowest BCUT2D eigenvalue weighted by Gasteiger charge is -2.28. The van der Waals surface area contributed by atoms with Gasteiger partial charge in [0.15, 0.2) is 0 Å². The van der Waals surface area contributed by atoms with Crippen LogP contribution >= 0.6 is 11.6 Å². The average molecular weight is 240 g/mol. The van der Waals surface area contributed by atoms with Crippen LogP contribution in [-0.2, 0) is 0 Å². The van der Waals surface area contributed by atoms with Crippen LogP contribution in [0.4, 0.5) is 0 Å². The van der Waals surface area contributed by atoms with Crippen molar-refractivity contribution in [1.82, 2.24) is 4.90 Å². The standard InChI is InChI=1S/C13H18ClNO/c14-12-7-3-2-6-11(12)13(16)10-15-8-4-1-5-9-15/h2-3,6-7,13,16H,1,4-5,8-10H2. The van der Waals surface area contributed by atoms with Crippen LogP contribution in [0.25, 0.3) is 0 Å². The van der Waals surface area contributed by atoms with E-state index in [-0.39, 0.29) is 0 Å². The summed E-state index contributed by atoms with van der Waals surface area (Å²) in [4.78, 5) is 2.32. The molecule has 0 saturated carbocycles. The van der Waals surface area contributed by atoms with Gasteiger partial charge in [0.25, 0.3) is 0 Å². The molecule has 2 nitrogen and oxygen atoms in total. The van der Waals surface area contributed by atoms with Crippen molar-refractivity contribution in [3.63, 3.8) is 0 Å². The van der Waals surface area contributed by atoms with Gasteiger partial charge in [0, 0.05) is 17.1 Å². The Hall–Kier alpha value is -0.570. The van der Waals surface area contributed by atoms with Crippen molar-refractivity contribution in [1.29, 1.82) is 0 Å². The molecular weight excluding hydrogens is 222 g/mol. The molecule has 1 unspecified atom stereocenters. The molecule has 1 aromatic carbocycles. The van der Waals surface area contributed by atoms with E-state index in [4.69, 9.17) is 11.6 Å². The Labute approximate surface area is 102 Å². The summed E-state index contributed by atoms with van der Waals surface area (Å²) in [5.74, 6) is 0. The van der Waals surface area contributed by atoms with Crippen LogP contribution < -0.4 is 0 Å². The lowest BCUT2D eigenvalue weighted by Crippen LogP contribution is -2.33. The Morgan fingerprint density at radius 3 is 2.56 bits per heavy atom. The fourth-order valence-electron chi connectivity index (χ4n) is 2.23. The molecule has 0 aliphatic carbocycles. The van der Waals surface area contributed by atoms with Gasteiger partial charge in [-0.15, -0.1) is 0 Å². The summed E-state index contributed by atoms with van der Waals surface area (Å²) in [5, 5.41) is 10.8. The third-order valence-electron chi connectivity index (χ3n) is 3.14. The Kier molecular flexibility index (Phi) is 4.22. The highest BCUT2D eigenvalue weighted by Gasteiger charge is 2.17. The van der Waals surface area contributed by atoms with Gasteiger partial charge in [-0.3, -0.25) is 0 Å². The number of benzene rings is 1. The van der Waals surface area contributed by atoms with E-state index in [1.54, 1.807) is 0 Å². The zero-order valence-corrected chi connectivity index (χ0v) is 10.2. The molecular formula is C13H18ClNO. The number of rotatable bonds is 3. The van der Waals surface area contributed by atoms with Gasteiger partial charge in [-0.25, -0.2) is 0 Å². The highest BCUT2D eigenvalue weighted by atomic mass is 35.5. The molecule has 16 heavy (non-hydrogen) atoms. The van der Waals surface area contributed by atoms with Gasteiger partial charge in [-0.1, -0.05) is 36.2 Å². The molecule has 0 spiro atoms. The second-order valence-electron chi connectivity index (χ2n) is 4.40. The topological polar surface area (TPSA) is 23.5 Å². The highest BCUT2D eigenvalue weighted by Crippen LogP contribution is 2.24. The van der Waals surface area contributed by atoms with Crippen molar-refractivity contribution >= 4 is 11.6 Å². The van der Waals surface area contributed by atoms with Crippen molar-refractivity contribution in [2.45, 2.75) is 25.4 Å². The molecule has 1 N–H and O–H groups in total. The van der Waals surface area contributed by atoms with Gasteiger partial charge in [0.05, 0.1) is 6.10 Å². The van der Waals surface area contributed by atoms with Gasteiger partial charge in [0.1, 0.15) is 0 Å². The zero-order chi connectivity index (χ0) is 11.4. The number of aliphatic hydroxyl groups excluding tert-OH is 1. The maximum Gasteiger partial charge on any atom is 0.0931 e. The second kappa shape index (κ2) is 5.67. The van der Waals surface area contributed by atoms with Gasteiger partial charge in [-0.2, -0.15) is 0 Å². The molecule has 1 heterocycles. The number of halogens is 1. The Morgan fingerprint density at radius 2 is 1.88 bits per heavy atom. The Bertz CT molecular complexity index is 336. The lowest BCUT2D eigenvalue weighted by atomic mass is 10.1.